The maximum absolute atomic E-state index is 12.8. The fourth-order valence-electron chi connectivity index (χ4n) is 3.53. The van der Waals surface area contributed by atoms with E-state index in [1.807, 2.05) is 35.8 Å². The van der Waals surface area contributed by atoms with Crippen LogP contribution in [0.3, 0.4) is 0 Å². The Kier molecular flexibility index (Phi) is 5.22. The van der Waals surface area contributed by atoms with Crippen LogP contribution in [0.5, 0.6) is 0 Å². The zero-order chi connectivity index (χ0) is 19.9. The molecule has 0 aliphatic carbocycles. The molecule has 0 unspecified atom stereocenters. The monoisotopic (exact) mass is 437 g/mol. The van der Waals surface area contributed by atoms with Crippen molar-refractivity contribution in [3.63, 3.8) is 0 Å². The van der Waals surface area contributed by atoms with Crippen LogP contribution in [0.2, 0.25) is 4.34 Å². The minimum Gasteiger partial charge on any atom is -0.339 e. The molecule has 1 aliphatic heterocycles. The lowest BCUT2D eigenvalue weighted by Crippen LogP contribution is -2.51. The van der Waals surface area contributed by atoms with Crippen LogP contribution in [-0.4, -0.2) is 54.3 Å². The lowest BCUT2D eigenvalue weighted by molar-refractivity contribution is -0.132. The molecule has 0 bridgehead atoms. The molecule has 148 valence electrons. The zero-order valence-corrected chi connectivity index (χ0v) is 17.7. The quantitative estimate of drug-likeness (QED) is 0.629. The first-order valence-corrected chi connectivity index (χ1v) is 11.6. The molecule has 0 spiro atoms. The van der Waals surface area contributed by atoms with E-state index in [9.17, 15) is 13.2 Å². The minimum atomic E-state index is -3.55. The summed E-state index contributed by atoms with van der Waals surface area (Å²) in [4.78, 5) is 14.6. The van der Waals surface area contributed by atoms with Gasteiger partial charge in [0.1, 0.15) is 10.8 Å². The number of benzene rings is 1. The van der Waals surface area contributed by atoms with E-state index in [-0.39, 0.29) is 29.8 Å². The molecule has 6 nitrogen and oxygen atoms in total. The standard InChI is InChI=1S/C19H20ClN3O3S2/c1-14-12-15-4-2-3-5-16(15)23(14)13-18(24)21-8-10-22(11-9-21)28(25,26)19-7-6-17(20)27-19/h2-7,12H,8-11,13H2,1H3. The number of thiophene rings is 1. The van der Waals surface area contributed by atoms with Gasteiger partial charge in [-0.2, -0.15) is 4.31 Å². The van der Waals surface area contributed by atoms with Crippen LogP contribution >= 0.6 is 22.9 Å². The number of hydrogen-bond donors (Lipinski definition) is 0. The fourth-order valence-corrected chi connectivity index (χ4v) is 6.59. The minimum absolute atomic E-state index is 0.000620. The molecule has 1 aliphatic rings. The molecule has 9 heteroatoms. The van der Waals surface area contributed by atoms with E-state index in [2.05, 4.69) is 6.07 Å². The van der Waals surface area contributed by atoms with Gasteiger partial charge in [0, 0.05) is 37.4 Å². The van der Waals surface area contributed by atoms with Gasteiger partial charge in [0.25, 0.3) is 10.0 Å². The highest BCUT2D eigenvalue weighted by Crippen LogP contribution is 2.28. The van der Waals surface area contributed by atoms with Crippen molar-refractivity contribution in [2.45, 2.75) is 17.7 Å². The number of aryl methyl sites for hydroxylation is 1. The van der Waals surface area contributed by atoms with Crippen LogP contribution in [0.15, 0.2) is 46.7 Å². The van der Waals surface area contributed by atoms with Gasteiger partial charge < -0.3 is 9.47 Å². The smallest absolute Gasteiger partial charge is 0.252 e. The largest absolute Gasteiger partial charge is 0.339 e. The van der Waals surface area contributed by atoms with Gasteiger partial charge in [0.15, 0.2) is 0 Å². The van der Waals surface area contributed by atoms with E-state index in [0.717, 1.165) is 27.9 Å². The second-order valence-electron chi connectivity index (χ2n) is 6.77. The summed E-state index contributed by atoms with van der Waals surface area (Å²) < 4.78 is 29.5. The molecule has 2 aromatic heterocycles. The Bertz CT molecular complexity index is 1130. The van der Waals surface area contributed by atoms with E-state index in [1.54, 1.807) is 11.0 Å². The molecule has 0 saturated carbocycles. The summed E-state index contributed by atoms with van der Waals surface area (Å²) in [6.45, 7) is 3.59. The number of amides is 1. The SMILES string of the molecule is Cc1cc2ccccc2n1CC(=O)N1CCN(S(=O)(=O)c2ccc(Cl)s2)CC1. The number of halogens is 1. The number of carbonyl (C=O) groups excluding carboxylic acids is 1. The summed E-state index contributed by atoms with van der Waals surface area (Å²) in [6, 6.07) is 13.2. The van der Waals surface area contributed by atoms with Crippen molar-refractivity contribution >= 4 is 49.8 Å². The average Bonchev–Trinajstić information content (AvgIpc) is 3.26. The Morgan fingerprint density at radius 1 is 1.11 bits per heavy atom. The molecule has 1 aromatic carbocycles. The highest BCUT2D eigenvalue weighted by molar-refractivity contribution is 7.91. The second kappa shape index (κ2) is 7.51. The number of rotatable bonds is 4. The molecule has 1 saturated heterocycles. The average molecular weight is 438 g/mol. The number of carbonyl (C=O) groups is 1. The molecule has 1 fully saturated rings. The van der Waals surface area contributed by atoms with Gasteiger partial charge >= 0.3 is 0 Å². The summed E-state index contributed by atoms with van der Waals surface area (Å²) in [5.74, 6) is 0.000620. The number of piperazine rings is 1. The molecule has 3 heterocycles. The molecule has 4 rings (SSSR count). The first-order valence-electron chi connectivity index (χ1n) is 8.94. The van der Waals surface area contributed by atoms with Crippen LogP contribution in [0, 0.1) is 6.92 Å². The first kappa shape index (κ1) is 19.4. The van der Waals surface area contributed by atoms with Crippen molar-refractivity contribution in [1.82, 2.24) is 13.8 Å². The topological polar surface area (TPSA) is 62.6 Å². The van der Waals surface area contributed by atoms with Gasteiger partial charge in [-0.3, -0.25) is 4.79 Å². The second-order valence-corrected chi connectivity index (χ2v) is 10.7. The maximum atomic E-state index is 12.8. The van der Waals surface area contributed by atoms with E-state index >= 15 is 0 Å². The molecule has 3 aromatic rings. The number of nitrogens with zero attached hydrogens (tertiary/aromatic N) is 3. The van der Waals surface area contributed by atoms with Crippen molar-refractivity contribution < 1.29 is 13.2 Å². The summed E-state index contributed by atoms with van der Waals surface area (Å²) in [5, 5.41) is 1.11. The third kappa shape index (κ3) is 3.57. The molecule has 28 heavy (non-hydrogen) atoms. The van der Waals surface area contributed by atoms with Crippen LogP contribution in [0.25, 0.3) is 10.9 Å². The van der Waals surface area contributed by atoms with E-state index in [4.69, 9.17) is 11.6 Å². The van der Waals surface area contributed by atoms with Gasteiger partial charge in [-0.1, -0.05) is 29.8 Å². The predicted octanol–water partition coefficient (Wildman–Crippen LogP) is 3.20. The van der Waals surface area contributed by atoms with Gasteiger partial charge in [-0.05, 0) is 36.6 Å². The number of sulfonamides is 1. The third-order valence-corrected chi connectivity index (χ3v) is 8.64. The first-order chi connectivity index (χ1) is 13.4. The van der Waals surface area contributed by atoms with Crippen molar-refractivity contribution in [2.24, 2.45) is 0 Å². The van der Waals surface area contributed by atoms with Crippen molar-refractivity contribution in [2.75, 3.05) is 26.2 Å². The molecular formula is C19H20ClN3O3S2. The summed E-state index contributed by atoms with van der Waals surface area (Å²) in [7, 11) is -3.55. The lowest BCUT2D eigenvalue weighted by Gasteiger charge is -2.34. The summed E-state index contributed by atoms with van der Waals surface area (Å²) in [5.41, 5.74) is 2.06. The van der Waals surface area contributed by atoms with Crippen molar-refractivity contribution in [3.8, 4) is 0 Å². The van der Waals surface area contributed by atoms with Crippen LogP contribution in [0.4, 0.5) is 0 Å². The molecule has 0 radical (unpaired) electrons. The fraction of sp³-hybridized carbons (Fsp3) is 0.316. The molecule has 1 amide bonds. The normalized spacial score (nSPS) is 16.0. The lowest BCUT2D eigenvalue weighted by atomic mass is 10.2. The Morgan fingerprint density at radius 2 is 1.82 bits per heavy atom. The Balaban J connectivity index is 1.43. The van der Waals surface area contributed by atoms with Crippen LogP contribution in [0.1, 0.15) is 5.69 Å². The van der Waals surface area contributed by atoms with Gasteiger partial charge in [0.2, 0.25) is 5.91 Å². The summed E-state index contributed by atoms with van der Waals surface area (Å²) in [6.07, 6.45) is 0. The third-order valence-electron chi connectivity index (χ3n) is 5.05. The number of aromatic nitrogens is 1. The van der Waals surface area contributed by atoms with Crippen LogP contribution < -0.4 is 0 Å². The van der Waals surface area contributed by atoms with Crippen molar-refractivity contribution in [1.29, 1.82) is 0 Å². The Labute approximate surface area is 173 Å². The summed E-state index contributed by atoms with van der Waals surface area (Å²) >= 11 is 6.93. The Hall–Kier alpha value is -1.87. The van der Waals surface area contributed by atoms with Gasteiger partial charge in [0.05, 0.1) is 4.34 Å². The molecule has 0 N–H and O–H groups in total. The molecular weight excluding hydrogens is 418 g/mol. The number of para-hydroxylation sites is 1. The highest BCUT2D eigenvalue weighted by atomic mass is 35.5. The maximum Gasteiger partial charge on any atom is 0.252 e. The zero-order valence-electron chi connectivity index (χ0n) is 15.3. The van der Waals surface area contributed by atoms with E-state index < -0.39 is 10.0 Å². The molecule has 0 atom stereocenters. The number of hydrogen-bond acceptors (Lipinski definition) is 4. The Morgan fingerprint density at radius 3 is 2.50 bits per heavy atom. The highest BCUT2D eigenvalue weighted by Gasteiger charge is 2.31. The van der Waals surface area contributed by atoms with Gasteiger partial charge in [-0.25, -0.2) is 8.42 Å². The number of fused-ring (bicyclic) bond motifs is 1. The van der Waals surface area contributed by atoms with Crippen LogP contribution in [-0.2, 0) is 21.4 Å². The van der Waals surface area contributed by atoms with Crippen molar-refractivity contribution in [3.05, 3.63) is 52.5 Å². The van der Waals surface area contributed by atoms with Gasteiger partial charge in [-0.15, -0.1) is 11.3 Å². The van der Waals surface area contributed by atoms with E-state index in [0.29, 0.717) is 17.4 Å². The van der Waals surface area contributed by atoms with E-state index in [1.165, 1.54) is 10.4 Å². The predicted molar refractivity (Wildman–Crippen MR) is 111 cm³/mol.